The van der Waals surface area contributed by atoms with E-state index in [1.165, 1.54) is 9.70 Å². The lowest BCUT2D eigenvalue weighted by Crippen LogP contribution is -2.27. The number of hydrogen-bond acceptors (Lipinski definition) is 6. The van der Waals surface area contributed by atoms with Crippen molar-refractivity contribution in [2.45, 2.75) is 33.2 Å². The van der Waals surface area contributed by atoms with Crippen LogP contribution in [0.15, 0.2) is 0 Å². The van der Waals surface area contributed by atoms with Crippen LogP contribution in [0.25, 0.3) is 0 Å². The van der Waals surface area contributed by atoms with Crippen molar-refractivity contribution in [3.8, 4) is 0 Å². The van der Waals surface area contributed by atoms with Gasteiger partial charge in [-0.1, -0.05) is 12.0 Å². The zero-order valence-corrected chi connectivity index (χ0v) is 11.1. The lowest BCUT2D eigenvalue weighted by molar-refractivity contribution is -0.147. The van der Waals surface area contributed by atoms with Crippen molar-refractivity contribution in [2.24, 2.45) is 5.92 Å². The van der Waals surface area contributed by atoms with Crippen LogP contribution in [0.3, 0.4) is 0 Å². The van der Waals surface area contributed by atoms with Gasteiger partial charge in [-0.15, -0.1) is 5.10 Å². The third-order valence-corrected chi connectivity index (χ3v) is 2.85. The van der Waals surface area contributed by atoms with Crippen LogP contribution >= 0.6 is 0 Å². The lowest BCUT2D eigenvalue weighted by Gasteiger charge is -2.10. The Bertz CT molecular complexity index is 473. The molecule has 8 heteroatoms. The second-order valence-electron chi connectivity index (χ2n) is 4.34. The summed E-state index contributed by atoms with van der Waals surface area (Å²) < 4.78 is 4.92. The van der Waals surface area contributed by atoms with Gasteiger partial charge >= 0.3 is 5.97 Å². The summed E-state index contributed by atoms with van der Waals surface area (Å²) >= 11 is 0. The van der Waals surface area contributed by atoms with Crippen molar-refractivity contribution >= 4 is 17.8 Å². The summed E-state index contributed by atoms with van der Waals surface area (Å²) in [5, 5.41) is 11.8. The smallest absolute Gasteiger partial charge is 0.311 e. The van der Waals surface area contributed by atoms with Gasteiger partial charge in [0.2, 0.25) is 5.91 Å². The number of tetrazole rings is 1. The standard InChI is InChI=1S/C11H17N5O3/c1-3-5-16-13-11(12-14-16)15-7-8(6-9(15)17)10(18)19-4-2/h8H,3-7H2,1-2H3. The average Bonchev–Trinajstić information content (AvgIpc) is 2.96. The zero-order valence-electron chi connectivity index (χ0n) is 11.1. The second kappa shape index (κ2) is 5.77. The number of esters is 1. The Kier molecular flexibility index (Phi) is 4.08. The molecule has 0 saturated carbocycles. The number of amides is 1. The summed E-state index contributed by atoms with van der Waals surface area (Å²) in [4.78, 5) is 26.3. The number of aryl methyl sites for hydroxylation is 1. The molecule has 1 fully saturated rings. The average molecular weight is 267 g/mol. The molecule has 1 saturated heterocycles. The highest BCUT2D eigenvalue weighted by atomic mass is 16.5. The predicted molar refractivity (Wildman–Crippen MR) is 65.2 cm³/mol. The normalized spacial score (nSPS) is 18.9. The molecular weight excluding hydrogens is 250 g/mol. The minimum Gasteiger partial charge on any atom is -0.466 e. The third kappa shape index (κ3) is 2.88. The first-order chi connectivity index (χ1) is 9.15. The van der Waals surface area contributed by atoms with Crippen molar-refractivity contribution in [1.29, 1.82) is 0 Å². The molecule has 1 aliphatic rings. The van der Waals surface area contributed by atoms with E-state index in [1.54, 1.807) is 6.92 Å². The largest absolute Gasteiger partial charge is 0.466 e. The Labute approximate surface area is 110 Å². The minimum atomic E-state index is -0.439. The quantitative estimate of drug-likeness (QED) is 0.697. The van der Waals surface area contributed by atoms with Crippen molar-refractivity contribution in [3.05, 3.63) is 0 Å². The maximum atomic E-state index is 11.9. The van der Waals surface area contributed by atoms with Crippen molar-refractivity contribution in [1.82, 2.24) is 20.2 Å². The third-order valence-electron chi connectivity index (χ3n) is 2.85. The first kappa shape index (κ1) is 13.4. The molecule has 8 nitrogen and oxygen atoms in total. The number of aromatic nitrogens is 4. The van der Waals surface area contributed by atoms with Gasteiger partial charge in [-0.25, -0.2) is 0 Å². The Morgan fingerprint density at radius 1 is 1.47 bits per heavy atom. The van der Waals surface area contributed by atoms with Gasteiger partial charge in [0.25, 0.3) is 5.95 Å². The molecule has 0 radical (unpaired) electrons. The topological polar surface area (TPSA) is 90.2 Å². The maximum Gasteiger partial charge on any atom is 0.311 e. The van der Waals surface area contributed by atoms with Crippen LogP contribution in [0.4, 0.5) is 5.95 Å². The van der Waals surface area contributed by atoms with Crippen LogP contribution < -0.4 is 4.90 Å². The number of nitrogens with zero attached hydrogens (tertiary/aromatic N) is 5. The van der Waals surface area contributed by atoms with Crippen LogP contribution in [-0.4, -0.2) is 45.2 Å². The molecule has 2 heterocycles. The first-order valence-corrected chi connectivity index (χ1v) is 6.40. The summed E-state index contributed by atoms with van der Waals surface area (Å²) in [6.45, 7) is 4.96. The molecule has 104 valence electrons. The van der Waals surface area contributed by atoms with E-state index in [1.807, 2.05) is 6.92 Å². The molecular formula is C11H17N5O3. The number of carbonyl (C=O) groups excluding carboxylic acids is 2. The number of anilines is 1. The van der Waals surface area contributed by atoms with E-state index in [0.717, 1.165) is 6.42 Å². The van der Waals surface area contributed by atoms with E-state index in [2.05, 4.69) is 15.4 Å². The van der Waals surface area contributed by atoms with Gasteiger partial charge < -0.3 is 4.74 Å². The van der Waals surface area contributed by atoms with Crippen molar-refractivity contribution in [3.63, 3.8) is 0 Å². The molecule has 0 aliphatic carbocycles. The van der Waals surface area contributed by atoms with Crippen LogP contribution in [-0.2, 0) is 20.9 Å². The zero-order chi connectivity index (χ0) is 13.8. The summed E-state index contributed by atoms with van der Waals surface area (Å²) in [6.07, 6.45) is 1.02. The van der Waals surface area contributed by atoms with E-state index in [-0.39, 0.29) is 30.8 Å². The molecule has 19 heavy (non-hydrogen) atoms. The van der Waals surface area contributed by atoms with E-state index < -0.39 is 5.92 Å². The summed E-state index contributed by atoms with van der Waals surface area (Å²) in [6, 6.07) is 0. The van der Waals surface area contributed by atoms with Gasteiger partial charge in [0.05, 0.1) is 19.1 Å². The van der Waals surface area contributed by atoms with Gasteiger partial charge in [0.15, 0.2) is 0 Å². The molecule has 0 bridgehead atoms. The molecule has 1 aliphatic heterocycles. The van der Waals surface area contributed by atoms with Crippen LogP contribution in [0.2, 0.25) is 0 Å². The SMILES string of the molecule is CCCn1nnc(N2CC(C(=O)OCC)CC2=O)n1. The fraction of sp³-hybridized carbons (Fsp3) is 0.727. The Balaban J connectivity index is 2.04. The molecule has 0 N–H and O–H groups in total. The highest BCUT2D eigenvalue weighted by Crippen LogP contribution is 2.22. The summed E-state index contributed by atoms with van der Waals surface area (Å²) in [5.41, 5.74) is 0. The maximum absolute atomic E-state index is 11.9. The molecule has 1 aromatic rings. The highest BCUT2D eigenvalue weighted by Gasteiger charge is 2.37. The molecule has 2 rings (SSSR count). The van der Waals surface area contributed by atoms with Crippen molar-refractivity contribution in [2.75, 3.05) is 18.1 Å². The second-order valence-corrected chi connectivity index (χ2v) is 4.34. The number of ether oxygens (including phenoxy) is 1. The van der Waals surface area contributed by atoms with Gasteiger partial charge in [-0.05, 0) is 18.6 Å². The molecule has 0 aromatic carbocycles. The van der Waals surface area contributed by atoms with Crippen LogP contribution in [0.1, 0.15) is 26.7 Å². The molecule has 1 atom stereocenters. The van der Waals surface area contributed by atoms with Crippen molar-refractivity contribution < 1.29 is 14.3 Å². The van der Waals surface area contributed by atoms with E-state index in [4.69, 9.17) is 4.74 Å². The number of carbonyl (C=O) groups is 2. The van der Waals surface area contributed by atoms with Gasteiger partial charge in [-0.3, -0.25) is 14.5 Å². The molecule has 1 aromatic heterocycles. The fourth-order valence-electron chi connectivity index (χ4n) is 1.96. The number of hydrogen-bond donors (Lipinski definition) is 0. The van der Waals surface area contributed by atoms with Gasteiger partial charge in [0, 0.05) is 13.0 Å². The molecule has 0 spiro atoms. The molecule has 1 unspecified atom stereocenters. The highest BCUT2D eigenvalue weighted by molar-refractivity contribution is 5.98. The van der Waals surface area contributed by atoms with Gasteiger partial charge in [0.1, 0.15) is 0 Å². The summed E-state index contributed by atoms with van der Waals surface area (Å²) in [7, 11) is 0. The lowest BCUT2D eigenvalue weighted by atomic mass is 10.1. The fourth-order valence-corrected chi connectivity index (χ4v) is 1.96. The Morgan fingerprint density at radius 3 is 2.95 bits per heavy atom. The monoisotopic (exact) mass is 267 g/mol. The van der Waals surface area contributed by atoms with Crippen LogP contribution in [0, 0.1) is 5.92 Å². The predicted octanol–water partition coefficient (Wildman–Crippen LogP) is -0.000900. The first-order valence-electron chi connectivity index (χ1n) is 6.40. The van der Waals surface area contributed by atoms with E-state index in [9.17, 15) is 9.59 Å². The van der Waals surface area contributed by atoms with Gasteiger partial charge in [-0.2, -0.15) is 4.80 Å². The Hall–Kier alpha value is -1.99. The van der Waals surface area contributed by atoms with Crippen LogP contribution in [0.5, 0.6) is 0 Å². The minimum absolute atomic E-state index is 0.140. The Morgan fingerprint density at radius 2 is 2.26 bits per heavy atom. The number of rotatable bonds is 5. The summed E-state index contributed by atoms with van der Waals surface area (Å²) in [5.74, 6) is -0.704. The van der Waals surface area contributed by atoms with E-state index in [0.29, 0.717) is 13.2 Å². The van der Waals surface area contributed by atoms with E-state index >= 15 is 0 Å². The molecule has 1 amide bonds.